The molecule has 0 heterocycles. The summed E-state index contributed by atoms with van der Waals surface area (Å²) in [4.78, 5) is 47.3. The SMILES string of the molecule is O=C(N[C@@H](CCCCNC(=O)c1ccc(I)cc1)C(=O)O)N[C@H](C(=O)O)c1ccc(O)cc1. The molecule has 0 radical (unpaired) electrons. The van der Waals surface area contributed by atoms with Crippen molar-refractivity contribution in [3.8, 4) is 5.75 Å². The van der Waals surface area contributed by atoms with Gasteiger partial charge in [-0.2, -0.15) is 0 Å². The Labute approximate surface area is 203 Å². The van der Waals surface area contributed by atoms with Crippen molar-refractivity contribution in [2.75, 3.05) is 6.54 Å². The molecule has 176 valence electrons. The Bertz CT molecular complexity index is 980. The highest BCUT2D eigenvalue weighted by molar-refractivity contribution is 14.1. The van der Waals surface area contributed by atoms with Gasteiger partial charge >= 0.3 is 18.0 Å². The third-order valence-corrected chi connectivity index (χ3v) is 5.38. The highest BCUT2D eigenvalue weighted by Crippen LogP contribution is 2.17. The lowest BCUT2D eigenvalue weighted by Gasteiger charge is -2.19. The number of rotatable bonds is 11. The van der Waals surface area contributed by atoms with Gasteiger partial charge in [0.05, 0.1) is 0 Å². The minimum Gasteiger partial charge on any atom is -0.508 e. The Balaban J connectivity index is 1.80. The number of amides is 3. The number of carboxylic acids is 2. The summed E-state index contributed by atoms with van der Waals surface area (Å²) in [6, 6.07) is 8.70. The topological polar surface area (TPSA) is 165 Å². The number of hydrogen-bond acceptors (Lipinski definition) is 5. The Morgan fingerprint density at radius 1 is 0.848 bits per heavy atom. The summed E-state index contributed by atoms with van der Waals surface area (Å²) in [6.07, 6.45) is 0.998. The largest absolute Gasteiger partial charge is 0.508 e. The van der Waals surface area contributed by atoms with E-state index in [0.29, 0.717) is 24.9 Å². The second kappa shape index (κ2) is 12.6. The molecule has 2 atom stereocenters. The van der Waals surface area contributed by atoms with E-state index in [2.05, 4.69) is 38.5 Å². The van der Waals surface area contributed by atoms with Crippen molar-refractivity contribution in [2.45, 2.75) is 31.3 Å². The van der Waals surface area contributed by atoms with Crippen LogP contribution in [0.25, 0.3) is 0 Å². The molecule has 2 aromatic carbocycles. The van der Waals surface area contributed by atoms with Crippen LogP contribution in [0.15, 0.2) is 48.5 Å². The van der Waals surface area contributed by atoms with E-state index < -0.39 is 30.1 Å². The number of phenolic OH excluding ortho intramolecular Hbond substituents is 1. The Morgan fingerprint density at radius 3 is 2.06 bits per heavy atom. The smallest absolute Gasteiger partial charge is 0.330 e. The number of carboxylic acid groups (broad SMARTS) is 2. The molecular formula is C22H24IN3O7. The van der Waals surface area contributed by atoms with E-state index in [1.165, 1.54) is 24.3 Å². The Hall–Kier alpha value is -3.35. The lowest BCUT2D eigenvalue weighted by atomic mass is 10.1. The molecule has 0 unspecified atom stereocenters. The number of phenols is 1. The number of unbranched alkanes of at least 4 members (excludes halogenated alkanes) is 1. The van der Waals surface area contributed by atoms with Crippen molar-refractivity contribution in [1.29, 1.82) is 0 Å². The van der Waals surface area contributed by atoms with E-state index in [1.807, 2.05) is 12.1 Å². The molecule has 0 fully saturated rings. The minimum atomic E-state index is -1.42. The number of hydrogen-bond donors (Lipinski definition) is 6. The number of nitrogens with one attached hydrogen (secondary N) is 3. The van der Waals surface area contributed by atoms with Crippen LogP contribution in [-0.2, 0) is 9.59 Å². The van der Waals surface area contributed by atoms with Crippen LogP contribution in [0.1, 0.15) is 41.2 Å². The van der Waals surface area contributed by atoms with Gasteiger partial charge < -0.3 is 31.3 Å². The Kier molecular flexibility index (Phi) is 9.91. The first-order chi connectivity index (χ1) is 15.7. The molecule has 11 heteroatoms. The number of aromatic hydroxyl groups is 1. The van der Waals surface area contributed by atoms with Gasteiger partial charge in [-0.15, -0.1) is 0 Å². The van der Waals surface area contributed by atoms with Gasteiger partial charge in [-0.25, -0.2) is 14.4 Å². The van der Waals surface area contributed by atoms with E-state index in [9.17, 15) is 34.5 Å². The summed E-state index contributed by atoms with van der Waals surface area (Å²) in [6.45, 7) is 0.339. The molecule has 6 N–H and O–H groups in total. The quantitative estimate of drug-likeness (QED) is 0.179. The van der Waals surface area contributed by atoms with Crippen LogP contribution < -0.4 is 16.0 Å². The number of urea groups is 1. The third kappa shape index (κ3) is 8.60. The highest BCUT2D eigenvalue weighted by atomic mass is 127. The van der Waals surface area contributed by atoms with Crippen LogP contribution in [0.5, 0.6) is 5.75 Å². The molecule has 0 saturated carbocycles. The number of aliphatic carboxylic acids is 2. The molecule has 0 bridgehead atoms. The average molecular weight is 569 g/mol. The fourth-order valence-electron chi connectivity index (χ4n) is 2.92. The summed E-state index contributed by atoms with van der Waals surface area (Å²) >= 11 is 2.14. The Morgan fingerprint density at radius 2 is 1.48 bits per heavy atom. The number of benzene rings is 2. The summed E-state index contributed by atoms with van der Waals surface area (Å²) in [7, 11) is 0. The zero-order valence-electron chi connectivity index (χ0n) is 17.5. The van der Waals surface area contributed by atoms with Crippen molar-refractivity contribution in [2.24, 2.45) is 0 Å². The van der Waals surface area contributed by atoms with Gasteiger partial charge in [-0.3, -0.25) is 4.79 Å². The van der Waals surface area contributed by atoms with Gasteiger partial charge in [0, 0.05) is 15.7 Å². The first-order valence-electron chi connectivity index (χ1n) is 10.0. The number of halogens is 1. The maximum Gasteiger partial charge on any atom is 0.330 e. The zero-order valence-corrected chi connectivity index (χ0v) is 19.6. The number of carbonyl (C=O) groups excluding carboxylic acids is 2. The van der Waals surface area contributed by atoms with Gasteiger partial charge in [0.25, 0.3) is 5.91 Å². The summed E-state index contributed by atoms with van der Waals surface area (Å²) in [5, 5.41) is 35.3. The summed E-state index contributed by atoms with van der Waals surface area (Å²) in [5.41, 5.74) is 0.741. The molecule has 0 aromatic heterocycles. The van der Waals surface area contributed by atoms with Gasteiger partial charge in [-0.1, -0.05) is 12.1 Å². The van der Waals surface area contributed by atoms with Gasteiger partial charge in [0.2, 0.25) is 0 Å². The van der Waals surface area contributed by atoms with E-state index >= 15 is 0 Å². The molecule has 0 aliphatic rings. The molecule has 33 heavy (non-hydrogen) atoms. The second-order valence-electron chi connectivity index (χ2n) is 7.13. The normalized spacial score (nSPS) is 12.3. The fourth-order valence-corrected chi connectivity index (χ4v) is 3.28. The second-order valence-corrected chi connectivity index (χ2v) is 8.38. The maximum atomic E-state index is 12.2. The van der Waals surface area contributed by atoms with Gasteiger partial charge in [0.15, 0.2) is 6.04 Å². The minimum absolute atomic E-state index is 0.0620. The predicted octanol–water partition coefficient (Wildman–Crippen LogP) is 2.48. The molecule has 0 aliphatic heterocycles. The molecule has 2 aromatic rings. The predicted molar refractivity (Wildman–Crippen MR) is 127 cm³/mol. The van der Waals surface area contributed by atoms with E-state index in [4.69, 9.17) is 0 Å². The van der Waals surface area contributed by atoms with Crippen LogP contribution in [0.3, 0.4) is 0 Å². The van der Waals surface area contributed by atoms with E-state index in [0.717, 1.165) is 3.57 Å². The van der Waals surface area contributed by atoms with Gasteiger partial charge in [-0.05, 0) is 83.8 Å². The highest BCUT2D eigenvalue weighted by Gasteiger charge is 2.25. The summed E-state index contributed by atoms with van der Waals surface area (Å²) in [5.74, 6) is -2.89. The van der Waals surface area contributed by atoms with Crippen LogP contribution in [0.4, 0.5) is 4.79 Å². The molecule has 2 rings (SSSR count). The maximum absolute atomic E-state index is 12.2. The molecule has 3 amide bonds. The van der Waals surface area contributed by atoms with Crippen LogP contribution in [0.2, 0.25) is 0 Å². The van der Waals surface area contributed by atoms with Crippen LogP contribution in [-0.4, -0.2) is 51.8 Å². The summed E-state index contributed by atoms with van der Waals surface area (Å²) < 4.78 is 1.01. The standard InChI is InChI=1S/C22H24IN3O7/c23-15-8-4-14(5-9-15)19(28)24-12-2-1-3-17(20(29)30)25-22(33)26-18(21(31)32)13-6-10-16(27)11-7-13/h4-11,17-18,27H,1-3,12H2,(H,24,28)(H,29,30)(H,31,32)(H2,25,26,33)/t17-,18-/m0/s1. The van der Waals surface area contributed by atoms with Crippen molar-refractivity contribution in [1.82, 2.24) is 16.0 Å². The van der Waals surface area contributed by atoms with Gasteiger partial charge in [0.1, 0.15) is 11.8 Å². The van der Waals surface area contributed by atoms with E-state index in [1.54, 1.807) is 12.1 Å². The molecule has 10 nitrogen and oxygen atoms in total. The zero-order chi connectivity index (χ0) is 24.4. The molecule has 0 aliphatic carbocycles. The first-order valence-corrected chi connectivity index (χ1v) is 11.1. The third-order valence-electron chi connectivity index (χ3n) is 4.66. The van der Waals surface area contributed by atoms with Crippen molar-refractivity contribution < 1.29 is 34.5 Å². The lowest BCUT2D eigenvalue weighted by Crippen LogP contribution is -2.48. The number of carbonyl (C=O) groups is 4. The molecular weight excluding hydrogens is 545 g/mol. The van der Waals surface area contributed by atoms with Crippen molar-refractivity contribution in [3.63, 3.8) is 0 Å². The first kappa shape index (κ1) is 25.9. The molecule has 0 spiro atoms. The molecule has 0 saturated heterocycles. The van der Waals surface area contributed by atoms with Crippen LogP contribution >= 0.6 is 22.6 Å². The van der Waals surface area contributed by atoms with E-state index in [-0.39, 0.29) is 23.6 Å². The average Bonchev–Trinajstić information content (AvgIpc) is 2.77. The van der Waals surface area contributed by atoms with Crippen molar-refractivity contribution in [3.05, 3.63) is 63.2 Å². The fraction of sp³-hybridized carbons (Fsp3) is 0.273. The van der Waals surface area contributed by atoms with Crippen molar-refractivity contribution >= 4 is 46.5 Å². The lowest BCUT2D eigenvalue weighted by molar-refractivity contribution is -0.139. The van der Waals surface area contributed by atoms with Crippen LogP contribution in [0, 0.1) is 3.57 Å². The monoisotopic (exact) mass is 569 g/mol.